The molecule has 110 valence electrons. The van der Waals surface area contributed by atoms with Gasteiger partial charge in [0.25, 0.3) is 0 Å². The molecule has 0 fully saturated rings. The highest BCUT2D eigenvalue weighted by Crippen LogP contribution is 2.24. The van der Waals surface area contributed by atoms with E-state index >= 15 is 0 Å². The van der Waals surface area contributed by atoms with Gasteiger partial charge in [-0.05, 0) is 42.2 Å². The van der Waals surface area contributed by atoms with Crippen molar-refractivity contribution in [3.8, 4) is 0 Å². The van der Waals surface area contributed by atoms with Gasteiger partial charge in [-0.2, -0.15) is 0 Å². The summed E-state index contributed by atoms with van der Waals surface area (Å²) in [6.45, 7) is 7.98. The van der Waals surface area contributed by atoms with Crippen molar-refractivity contribution in [3.05, 3.63) is 59.7 Å². The number of hydrogen-bond donors (Lipinski definition) is 0. The largest absolute Gasteiger partial charge is 0.295 e. The second kappa shape index (κ2) is 5.94. The third-order valence-corrected chi connectivity index (χ3v) is 4.81. The quantitative estimate of drug-likeness (QED) is 0.790. The molecule has 0 heterocycles. The van der Waals surface area contributed by atoms with Gasteiger partial charge in [0.1, 0.15) is 0 Å². The maximum Gasteiger partial charge on any atom is 0.159 e. The molecule has 0 saturated carbocycles. The lowest BCUT2D eigenvalue weighted by Crippen LogP contribution is -2.10. The SMILES string of the molecule is CC(=O)c1ccc(S(=O)c2ccc(C(C)(C)C)cc2)cc1. The standard InChI is InChI=1S/C18H20O2S/c1-13(19)14-5-9-16(10-6-14)21(20)17-11-7-15(8-12-17)18(2,3)4/h5-12H,1-4H3. The van der Waals surface area contributed by atoms with Crippen molar-refractivity contribution in [1.29, 1.82) is 0 Å². The van der Waals surface area contributed by atoms with Gasteiger partial charge in [0.2, 0.25) is 0 Å². The van der Waals surface area contributed by atoms with E-state index in [0.717, 1.165) is 4.90 Å². The minimum Gasteiger partial charge on any atom is -0.295 e. The average molecular weight is 300 g/mol. The number of ketones is 1. The predicted molar refractivity (Wildman–Crippen MR) is 86.3 cm³/mol. The summed E-state index contributed by atoms with van der Waals surface area (Å²) in [5.74, 6) is 0.0156. The van der Waals surface area contributed by atoms with E-state index in [1.165, 1.54) is 12.5 Å². The topological polar surface area (TPSA) is 34.1 Å². The molecule has 0 amide bonds. The Morgan fingerprint density at radius 3 is 1.67 bits per heavy atom. The summed E-state index contributed by atoms with van der Waals surface area (Å²) in [4.78, 5) is 12.7. The van der Waals surface area contributed by atoms with Crippen LogP contribution in [0.5, 0.6) is 0 Å². The first kappa shape index (κ1) is 15.6. The summed E-state index contributed by atoms with van der Waals surface area (Å²) in [6, 6.07) is 14.8. The molecule has 0 saturated heterocycles. The van der Waals surface area contributed by atoms with Crippen LogP contribution < -0.4 is 0 Å². The van der Waals surface area contributed by atoms with E-state index in [1.54, 1.807) is 24.3 Å². The number of Topliss-reactive ketones (excluding diaryl/α,β-unsaturated/α-hetero) is 1. The van der Waals surface area contributed by atoms with Gasteiger partial charge in [-0.15, -0.1) is 0 Å². The number of benzene rings is 2. The summed E-state index contributed by atoms with van der Waals surface area (Å²) in [7, 11) is -1.21. The molecule has 1 unspecified atom stereocenters. The highest BCUT2D eigenvalue weighted by Gasteiger charge is 2.14. The van der Waals surface area contributed by atoms with Crippen LogP contribution in [0.15, 0.2) is 58.3 Å². The number of hydrogen-bond acceptors (Lipinski definition) is 2. The molecule has 0 aliphatic heterocycles. The monoisotopic (exact) mass is 300 g/mol. The second-order valence-corrected chi connectivity index (χ2v) is 7.60. The van der Waals surface area contributed by atoms with Crippen molar-refractivity contribution in [2.75, 3.05) is 0 Å². The Morgan fingerprint density at radius 2 is 1.29 bits per heavy atom. The molecule has 2 aromatic rings. The Morgan fingerprint density at radius 1 is 0.857 bits per heavy atom. The van der Waals surface area contributed by atoms with E-state index in [2.05, 4.69) is 20.8 Å². The van der Waals surface area contributed by atoms with Crippen LogP contribution in [0.1, 0.15) is 43.6 Å². The Labute approximate surface area is 128 Å². The second-order valence-electron chi connectivity index (χ2n) is 6.12. The Hall–Kier alpha value is -1.74. The van der Waals surface area contributed by atoms with Crippen molar-refractivity contribution in [3.63, 3.8) is 0 Å². The van der Waals surface area contributed by atoms with Crippen LogP contribution in [0.4, 0.5) is 0 Å². The molecule has 3 heteroatoms. The van der Waals surface area contributed by atoms with Gasteiger partial charge in [0.05, 0.1) is 10.8 Å². The van der Waals surface area contributed by atoms with Gasteiger partial charge in [0.15, 0.2) is 5.78 Å². The molecule has 1 atom stereocenters. The highest BCUT2D eigenvalue weighted by molar-refractivity contribution is 7.85. The van der Waals surface area contributed by atoms with E-state index in [1.807, 2.05) is 24.3 Å². The van der Waals surface area contributed by atoms with Crippen LogP contribution in [0.3, 0.4) is 0 Å². The minimum atomic E-state index is -1.21. The van der Waals surface area contributed by atoms with Crippen molar-refractivity contribution in [2.24, 2.45) is 0 Å². The molecule has 2 rings (SSSR count). The number of carbonyl (C=O) groups is 1. The first-order valence-corrected chi connectivity index (χ1v) is 8.07. The van der Waals surface area contributed by atoms with Crippen LogP contribution in [0, 0.1) is 0 Å². The van der Waals surface area contributed by atoms with Crippen LogP contribution in [0.25, 0.3) is 0 Å². The van der Waals surface area contributed by atoms with E-state index in [4.69, 9.17) is 0 Å². The van der Waals surface area contributed by atoms with Crippen molar-refractivity contribution in [2.45, 2.75) is 42.9 Å². The van der Waals surface area contributed by atoms with Gasteiger partial charge in [-0.25, -0.2) is 4.21 Å². The fourth-order valence-corrected chi connectivity index (χ4v) is 3.07. The Kier molecular flexibility index (Phi) is 4.43. The summed E-state index contributed by atoms with van der Waals surface area (Å²) >= 11 is 0. The van der Waals surface area contributed by atoms with Gasteiger partial charge in [-0.1, -0.05) is 45.0 Å². The predicted octanol–water partition coefficient (Wildman–Crippen LogP) is 4.35. The molecule has 2 nitrogen and oxygen atoms in total. The molecule has 2 aromatic carbocycles. The molecule has 0 bridgehead atoms. The smallest absolute Gasteiger partial charge is 0.159 e. The molecule has 0 aliphatic rings. The zero-order valence-corrected chi connectivity index (χ0v) is 13.7. The summed E-state index contributed by atoms with van der Waals surface area (Å²) < 4.78 is 12.5. The molecule has 0 aliphatic carbocycles. The maximum atomic E-state index is 12.5. The molecule has 0 aromatic heterocycles. The first-order valence-electron chi connectivity index (χ1n) is 6.92. The molecular formula is C18H20O2S. The summed E-state index contributed by atoms with van der Waals surface area (Å²) in [6.07, 6.45) is 0. The molecule has 21 heavy (non-hydrogen) atoms. The van der Waals surface area contributed by atoms with Crippen LogP contribution >= 0.6 is 0 Å². The lowest BCUT2D eigenvalue weighted by atomic mass is 9.87. The fourth-order valence-electron chi connectivity index (χ4n) is 2.03. The van der Waals surface area contributed by atoms with Gasteiger partial charge in [0, 0.05) is 15.4 Å². The molecule has 0 N–H and O–H groups in total. The molecule has 0 spiro atoms. The first-order chi connectivity index (χ1) is 9.79. The van der Waals surface area contributed by atoms with E-state index in [9.17, 15) is 9.00 Å². The van der Waals surface area contributed by atoms with Crippen molar-refractivity contribution < 1.29 is 9.00 Å². The number of carbonyl (C=O) groups excluding carboxylic acids is 1. The molecular weight excluding hydrogens is 280 g/mol. The number of rotatable bonds is 3. The summed E-state index contributed by atoms with van der Waals surface area (Å²) in [5.41, 5.74) is 1.94. The highest BCUT2D eigenvalue weighted by atomic mass is 32.2. The summed E-state index contributed by atoms with van der Waals surface area (Å²) in [5, 5.41) is 0. The Bertz CT molecular complexity index is 662. The zero-order valence-electron chi connectivity index (χ0n) is 12.8. The third kappa shape index (κ3) is 3.67. The maximum absolute atomic E-state index is 12.5. The van der Waals surface area contributed by atoms with Crippen LogP contribution in [-0.2, 0) is 16.2 Å². The minimum absolute atomic E-state index is 0.0156. The van der Waals surface area contributed by atoms with Gasteiger partial charge >= 0.3 is 0 Å². The lowest BCUT2D eigenvalue weighted by molar-refractivity contribution is 0.101. The molecule has 0 radical (unpaired) electrons. The van der Waals surface area contributed by atoms with E-state index in [-0.39, 0.29) is 11.2 Å². The lowest BCUT2D eigenvalue weighted by Gasteiger charge is -2.19. The van der Waals surface area contributed by atoms with Crippen molar-refractivity contribution in [1.82, 2.24) is 0 Å². The fraction of sp³-hybridized carbons (Fsp3) is 0.278. The van der Waals surface area contributed by atoms with Crippen molar-refractivity contribution >= 4 is 16.6 Å². The van der Waals surface area contributed by atoms with E-state index < -0.39 is 10.8 Å². The third-order valence-electron chi connectivity index (χ3n) is 3.41. The average Bonchev–Trinajstić information content (AvgIpc) is 2.46. The zero-order chi connectivity index (χ0) is 15.6. The van der Waals surface area contributed by atoms with E-state index in [0.29, 0.717) is 10.5 Å². The Balaban J connectivity index is 2.25. The van der Waals surface area contributed by atoms with Crippen LogP contribution in [-0.4, -0.2) is 9.99 Å². The van der Waals surface area contributed by atoms with Crippen LogP contribution in [0.2, 0.25) is 0 Å². The van der Waals surface area contributed by atoms with Gasteiger partial charge < -0.3 is 0 Å². The normalized spacial score (nSPS) is 13.0. The van der Waals surface area contributed by atoms with Gasteiger partial charge in [-0.3, -0.25) is 4.79 Å².